The first kappa shape index (κ1) is 19.7. The Hall–Kier alpha value is -2.34. The van der Waals surface area contributed by atoms with Gasteiger partial charge in [0.1, 0.15) is 17.5 Å². The van der Waals surface area contributed by atoms with Crippen LogP contribution in [0.15, 0.2) is 35.6 Å². The third-order valence-electron chi connectivity index (χ3n) is 3.56. The largest absolute Gasteiger partial charge is 0.512 e. The summed E-state index contributed by atoms with van der Waals surface area (Å²) in [4.78, 5) is 36.4. The number of esters is 2. The van der Waals surface area contributed by atoms with E-state index in [1.54, 1.807) is 24.3 Å². The summed E-state index contributed by atoms with van der Waals surface area (Å²) in [7, 11) is 2.29. The molecule has 24 heavy (non-hydrogen) atoms. The number of aliphatic hydroxyl groups is 1. The van der Waals surface area contributed by atoms with Crippen molar-refractivity contribution in [2.24, 2.45) is 5.92 Å². The minimum absolute atomic E-state index is 0.189. The van der Waals surface area contributed by atoms with E-state index in [0.29, 0.717) is 10.6 Å². The number of methoxy groups -OCH3 is 2. The number of halogens is 1. The van der Waals surface area contributed by atoms with E-state index in [9.17, 15) is 19.5 Å². The quantitative estimate of drug-likeness (QED) is 0.365. The first-order valence-corrected chi connectivity index (χ1v) is 7.44. The lowest BCUT2D eigenvalue weighted by molar-refractivity contribution is -0.149. The molecule has 0 heterocycles. The standard InChI is InChI=1S/C17H19ClO6/c1-9(19)13(16(21)23-3)15(11-5-7-12(18)8-6-11)14(10(2)20)17(22)24-4/h5-8,13,15,20H,1-4H3. The van der Waals surface area contributed by atoms with E-state index in [4.69, 9.17) is 21.1 Å². The van der Waals surface area contributed by atoms with Crippen molar-refractivity contribution in [2.75, 3.05) is 14.2 Å². The minimum Gasteiger partial charge on any atom is -0.512 e. The summed E-state index contributed by atoms with van der Waals surface area (Å²) in [5.41, 5.74) is 0.254. The molecule has 6 nitrogen and oxygen atoms in total. The van der Waals surface area contributed by atoms with Crippen LogP contribution in [0.3, 0.4) is 0 Å². The molecule has 0 aromatic heterocycles. The molecule has 1 aromatic rings. The van der Waals surface area contributed by atoms with Gasteiger partial charge in [0.05, 0.1) is 19.8 Å². The number of carbonyl (C=O) groups excluding carboxylic acids is 3. The van der Waals surface area contributed by atoms with Gasteiger partial charge in [0, 0.05) is 10.9 Å². The van der Waals surface area contributed by atoms with Crippen LogP contribution in [0, 0.1) is 5.92 Å². The van der Waals surface area contributed by atoms with Gasteiger partial charge in [-0.15, -0.1) is 0 Å². The van der Waals surface area contributed by atoms with Gasteiger partial charge in [-0.05, 0) is 31.5 Å². The third kappa shape index (κ3) is 4.35. The van der Waals surface area contributed by atoms with Crippen molar-refractivity contribution in [3.63, 3.8) is 0 Å². The van der Waals surface area contributed by atoms with Gasteiger partial charge in [-0.25, -0.2) is 4.79 Å². The molecule has 0 radical (unpaired) electrons. The average molecular weight is 355 g/mol. The van der Waals surface area contributed by atoms with Crippen molar-refractivity contribution in [3.05, 3.63) is 46.2 Å². The molecule has 2 atom stereocenters. The van der Waals surface area contributed by atoms with Crippen molar-refractivity contribution >= 4 is 29.3 Å². The van der Waals surface area contributed by atoms with Crippen molar-refractivity contribution < 1.29 is 29.0 Å². The topological polar surface area (TPSA) is 89.9 Å². The molecule has 0 spiro atoms. The smallest absolute Gasteiger partial charge is 0.337 e. The molecule has 1 aromatic carbocycles. The Bertz CT molecular complexity index is 658. The number of ether oxygens (including phenoxy) is 2. The van der Waals surface area contributed by atoms with E-state index in [-0.39, 0.29) is 11.3 Å². The van der Waals surface area contributed by atoms with Crippen molar-refractivity contribution in [1.82, 2.24) is 0 Å². The van der Waals surface area contributed by atoms with Crippen LogP contribution < -0.4 is 0 Å². The van der Waals surface area contributed by atoms with E-state index in [2.05, 4.69) is 0 Å². The van der Waals surface area contributed by atoms with E-state index in [0.717, 1.165) is 14.2 Å². The van der Waals surface area contributed by atoms with E-state index in [1.165, 1.54) is 13.8 Å². The molecular weight excluding hydrogens is 336 g/mol. The van der Waals surface area contributed by atoms with Crippen LogP contribution in [-0.2, 0) is 23.9 Å². The van der Waals surface area contributed by atoms with Gasteiger partial charge in [-0.2, -0.15) is 0 Å². The Morgan fingerprint density at radius 1 is 1.04 bits per heavy atom. The number of Topliss-reactive ketones (excluding diaryl/α,β-unsaturated/α-hetero) is 1. The Morgan fingerprint density at radius 3 is 1.96 bits per heavy atom. The van der Waals surface area contributed by atoms with Crippen LogP contribution in [0.2, 0.25) is 5.02 Å². The van der Waals surface area contributed by atoms with Crippen LogP contribution in [0.4, 0.5) is 0 Å². The lowest BCUT2D eigenvalue weighted by atomic mass is 9.78. The zero-order valence-electron chi connectivity index (χ0n) is 13.8. The molecule has 0 aliphatic heterocycles. The second kappa shape index (κ2) is 8.49. The highest BCUT2D eigenvalue weighted by atomic mass is 35.5. The lowest BCUT2D eigenvalue weighted by Gasteiger charge is -2.25. The highest BCUT2D eigenvalue weighted by molar-refractivity contribution is 6.30. The van der Waals surface area contributed by atoms with Crippen LogP contribution in [0.5, 0.6) is 0 Å². The van der Waals surface area contributed by atoms with Gasteiger partial charge in [0.15, 0.2) is 0 Å². The molecule has 0 aliphatic carbocycles. The van der Waals surface area contributed by atoms with Crippen molar-refractivity contribution in [1.29, 1.82) is 0 Å². The minimum atomic E-state index is -1.31. The number of carbonyl (C=O) groups is 3. The number of hydrogen-bond donors (Lipinski definition) is 1. The fraction of sp³-hybridized carbons (Fsp3) is 0.353. The van der Waals surface area contributed by atoms with Crippen LogP contribution in [0.1, 0.15) is 25.3 Å². The monoisotopic (exact) mass is 354 g/mol. The molecule has 0 amide bonds. The van der Waals surface area contributed by atoms with Crippen LogP contribution >= 0.6 is 11.6 Å². The zero-order valence-corrected chi connectivity index (χ0v) is 14.6. The summed E-state index contributed by atoms with van der Waals surface area (Å²) in [5.74, 6) is -4.89. The van der Waals surface area contributed by atoms with E-state index in [1.807, 2.05) is 0 Å². The zero-order chi connectivity index (χ0) is 18.4. The van der Waals surface area contributed by atoms with Crippen LogP contribution in [0.25, 0.3) is 0 Å². The molecule has 130 valence electrons. The summed E-state index contributed by atoms with van der Waals surface area (Å²) in [5, 5.41) is 10.4. The molecule has 0 saturated heterocycles. The fourth-order valence-corrected chi connectivity index (χ4v) is 2.60. The first-order chi connectivity index (χ1) is 11.2. The highest BCUT2D eigenvalue weighted by Crippen LogP contribution is 2.36. The summed E-state index contributed by atoms with van der Waals surface area (Å²) < 4.78 is 9.40. The molecule has 0 aliphatic rings. The SMILES string of the molecule is COC(=O)C(=C(C)O)C(c1ccc(Cl)cc1)C(C(C)=O)C(=O)OC. The maximum atomic E-state index is 12.1. The number of aliphatic hydroxyl groups excluding tert-OH is 1. The van der Waals surface area contributed by atoms with E-state index >= 15 is 0 Å². The summed E-state index contributed by atoms with van der Waals surface area (Å²) in [6.07, 6.45) is 0. The van der Waals surface area contributed by atoms with Crippen molar-refractivity contribution in [3.8, 4) is 0 Å². The number of ketones is 1. The third-order valence-corrected chi connectivity index (χ3v) is 3.81. The predicted molar refractivity (Wildman–Crippen MR) is 87.7 cm³/mol. The van der Waals surface area contributed by atoms with Gasteiger partial charge < -0.3 is 14.6 Å². The molecule has 2 unspecified atom stereocenters. The Labute approximate surface area is 145 Å². The average Bonchev–Trinajstić information content (AvgIpc) is 2.53. The maximum Gasteiger partial charge on any atom is 0.337 e. The van der Waals surface area contributed by atoms with Gasteiger partial charge in [-0.1, -0.05) is 23.7 Å². The lowest BCUT2D eigenvalue weighted by Crippen LogP contribution is -2.33. The second-order valence-corrected chi connectivity index (χ2v) is 5.57. The highest BCUT2D eigenvalue weighted by Gasteiger charge is 2.40. The van der Waals surface area contributed by atoms with Gasteiger partial charge in [0.2, 0.25) is 0 Å². The normalized spacial score (nSPS) is 14.2. The molecule has 7 heteroatoms. The molecule has 0 fully saturated rings. The maximum absolute atomic E-state index is 12.1. The second-order valence-electron chi connectivity index (χ2n) is 5.13. The number of allylic oxidation sites excluding steroid dienone is 1. The number of hydrogen-bond acceptors (Lipinski definition) is 6. The summed E-state index contributed by atoms with van der Waals surface area (Å²) >= 11 is 5.87. The Morgan fingerprint density at radius 2 is 1.58 bits per heavy atom. The molecule has 0 saturated carbocycles. The summed E-state index contributed by atoms with van der Waals surface area (Å²) in [6.45, 7) is 2.50. The number of benzene rings is 1. The molecule has 0 bridgehead atoms. The van der Waals surface area contributed by atoms with Gasteiger partial charge in [0.25, 0.3) is 0 Å². The Balaban J connectivity index is 3.65. The number of rotatable bonds is 6. The van der Waals surface area contributed by atoms with Gasteiger partial charge >= 0.3 is 11.9 Å². The summed E-state index contributed by atoms with van der Waals surface area (Å²) in [6, 6.07) is 6.25. The molecule has 1 N–H and O–H groups in total. The van der Waals surface area contributed by atoms with Crippen molar-refractivity contribution in [2.45, 2.75) is 19.8 Å². The van der Waals surface area contributed by atoms with E-state index < -0.39 is 29.6 Å². The van der Waals surface area contributed by atoms with Gasteiger partial charge in [-0.3, -0.25) is 9.59 Å². The Kier molecular flexibility index (Phi) is 6.97. The first-order valence-electron chi connectivity index (χ1n) is 7.06. The molecule has 1 rings (SSSR count). The fourth-order valence-electron chi connectivity index (χ4n) is 2.47. The van der Waals surface area contributed by atoms with Crippen LogP contribution in [-0.4, -0.2) is 37.0 Å². The molecular formula is C17H19ClO6. The predicted octanol–water partition coefficient (Wildman–Crippen LogP) is 2.81.